The summed E-state index contributed by atoms with van der Waals surface area (Å²) in [5, 5.41) is 9.05. The number of fused-ring (bicyclic) bond motifs is 1. The highest BCUT2D eigenvalue weighted by Crippen LogP contribution is 2.22. The Bertz CT molecular complexity index is 678. The fourth-order valence-electron chi connectivity index (χ4n) is 3.29. The number of rotatable bonds is 4. The average molecular weight is 301 g/mol. The van der Waals surface area contributed by atoms with E-state index in [0.29, 0.717) is 17.6 Å². The highest BCUT2D eigenvalue weighted by molar-refractivity contribution is 5.88. The zero-order valence-corrected chi connectivity index (χ0v) is 13.2. The van der Waals surface area contributed by atoms with Gasteiger partial charge < -0.3 is 14.4 Å². The minimum Gasteiger partial charge on any atom is -0.478 e. The summed E-state index contributed by atoms with van der Waals surface area (Å²) in [6.07, 6.45) is 7.26. The molecule has 2 aromatic heterocycles. The maximum atomic E-state index is 11.0. The van der Waals surface area contributed by atoms with E-state index in [2.05, 4.69) is 23.7 Å². The quantitative estimate of drug-likeness (QED) is 0.943. The van der Waals surface area contributed by atoms with Crippen molar-refractivity contribution in [3.8, 4) is 0 Å². The van der Waals surface area contributed by atoms with E-state index < -0.39 is 5.97 Å². The van der Waals surface area contributed by atoms with Crippen LogP contribution in [0.15, 0.2) is 24.5 Å². The Kier molecular flexibility index (Phi) is 4.16. The lowest BCUT2D eigenvalue weighted by Crippen LogP contribution is -2.40. The molecule has 0 bridgehead atoms. The van der Waals surface area contributed by atoms with E-state index in [1.165, 1.54) is 19.4 Å². The molecule has 1 atom stereocenters. The Balaban J connectivity index is 1.75. The molecule has 3 heterocycles. The Labute approximate surface area is 130 Å². The van der Waals surface area contributed by atoms with Gasteiger partial charge in [0.1, 0.15) is 5.65 Å². The molecule has 1 N–H and O–H groups in total. The first-order valence-corrected chi connectivity index (χ1v) is 7.98. The standard InChI is InChI=1S/C17H23N3O2/c1-12(2)19-6-3-4-13(10-19)8-15-11-20-7-5-14(17(21)22)9-16(20)18-15/h5,7,9,11-13H,3-4,6,8,10H2,1-2H3,(H,21,22). The molecular formula is C17H23N3O2. The number of piperidine rings is 1. The molecule has 1 aliphatic heterocycles. The van der Waals surface area contributed by atoms with Gasteiger partial charge in [-0.3, -0.25) is 0 Å². The van der Waals surface area contributed by atoms with Crippen LogP contribution in [0, 0.1) is 5.92 Å². The molecule has 0 aromatic carbocycles. The largest absolute Gasteiger partial charge is 0.478 e. The molecule has 22 heavy (non-hydrogen) atoms. The van der Waals surface area contributed by atoms with E-state index in [1.54, 1.807) is 18.3 Å². The van der Waals surface area contributed by atoms with Crippen LogP contribution in [0.5, 0.6) is 0 Å². The van der Waals surface area contributed by atoms with Crippen LogP contribution in [0.3, 0.4) is 0 Å². The van der Waals surface area contributed by atoms with E-state index in [1.807, 2.05) is 10.6 Å². The fourth-order valence-corrected chi connectivity index (χ4v) is 3.29. The lowest BCUT2D eigenvalue weighted by Gasteiger charge is -2.35. The predicted octanol–water partition coefficient (Wildman–Crippen LogP) is 2.70. The van der Waals surface area contributed by atoms with Gasteiger partial charge in [0.25, 0.3) is 0 Å². The third-order valence-corrected chi connectivity index (χ3v) is 4.54. The van der Waals surface area contributed by atoms with Crippen LogP contribution in [0.2, 0.25) is 0 Å². The molecule has 5 heteroatoms. The molecule has 0 spiro atoms. The van der Waals surface area contributed by atoms with E-state index in [9.17, 15) is 4.79 Å². The molecule has 0 aliphatic carbocycles. The van der Waals surface area contributed by atoms with E-state index in [4.69, 9.17) is 5.11 Å². The Morgan fingerprint density at radius 2 is 2.32 bits per heavy atom. The molecule has 1 saturated heterocycles. The van der Waals surface area contributed by atoms with Gasteiger partial charge in [0.2, 0.25) is 0 Å². The number of hydrogen-bond donors (Lipinski definition) is 1. The van der Waals surface area contributed by atoms with Crippen LogP contribution in [-0.2, 0) is 6.42 Å². The summed E-state index contributed by atoms with van der Waals surface area (Å²) >= 11 is 0. The molecule has 1 unspecified atom stereocenters. The van der Waals surface area contributed by atoms with Gasteiger partial charge in [-0.25, -0.2) is 9.78 Å². The lowest BCUT2D eigenvalue weighted by atomic mass is 9.93. The molecule has 1 fully saturated rings. The van der Waals surface area contributed by atoms with E-state index >= 15 is 0 Å². The molecule has 0 saturated carbocycles. The summed E-state index contributed by atoms with van der Waals surface area (Å²) in [6, 6.07) is 3.84. The van der Waals surface area contributed by atoms with Gasteiger partial charge in [-0.1, -0.05) is 0 Å². The number of likely N-dealkylation sites (tertiary alicyclic amines) is 1. The SMILES string of the molecule is CC(C)N1CCCC(Cc2cn3ccc(C(=O)O)cc3n2)C1. The first-order chi connectivity index (χ1) is 10.5. The second-order valence-corrected chi connectivity index (χ2v) is 6.52. The van der Waals surface area contributed by atoms with Gasteiger partial charge in [0.05, 0.1) is 11.3 Å². The van der Waals surface area contributed by atoms with E-state index in [-0.39, 0.29) is 5.56 Å². The highest BCUT2D eigenvalue weighted by Gasteiger charge is 2.22. The molecule has 0 amide bonds. The van der Waals surface area contributed by atoms with Crippen molar-refractivity contribution in [2.75, 3.05) is 13.1 Å². The molecule has 5 nitrogen and oxygen atoms in total. The third-order valence-electron chi connectivity index (χ3n) is 4.54. The van der Waals surface area contributed by atoms with Crippen molar-refractivity contribution >= 4 is 11.6 Å². The zero-order chi connectivity index (χ0) is 15.7. The minimum absolute atomic E-state index is 0.285. The van der Waals surface area contributed by atoms with Gasteiger partial charge >= 0.3 is 5.97 Å². The summed E-state index contributed by atoms with van der Waals surface area (Å²) in [6.45, 7) is 6.83. The molecule has 3 rings (SSSR count). The van der Waals surface area contributed by atoms with Crippen LogP contribution >= 0.6 is 0 Å². The Morgan fingerprint density at radius 3 is 3.05 bits per heavy atom. The monoisotopic (exact) mass is 301 g/mol. The number of aromatic carboxylic acids is 1. The van der Waals surface area contributed by atoms with Crippen LogP contribution in [0.4, 0.5) is 0 Å². The number of carboxylic acid groups (broad SMARTS) is 1. The maximum absolute atomic E-state index is 11.0. The minimum atomic E-state index is -0.910. The fraction of sp³-hybridized carbons (Fsp3) is 0.529. The lowest BCUT2D eigenvalue weighted by molar-refractivity contribution is 0.0697. The summed E-state index contributed by atoms with van der Waals surface area (Å²) in [5.74, 6) is -0.271. The number of nitrogens with zero attached hydrogens (tertiary/aromatic N) is 3. The van der Waals surface area contributed by atoms with Gasteiger partial charge in [-0.15, -0.1) is 0 Å². The number of hydrogen-bond acceptors (Lipinski definition) is 3. The number of carboxylic acids is 1. The summed E-state index contributed by atoms with van der Waals surface area (Å²) in [7, 11) is 0. The van der Waals surface area contributed by atoms with Crippen LogP contribution in [0.25, 0.3) is 5.65 Å². The van der Waals surface area contributed by atoms with Crippen molar-refractivity contribution < 1.29 is 9.90 Å². The second-order valence-electron chi connectivity index (χ2n) is 6.52. The number of carbonyl (C=O) groups is 1. The first-order valence-electron chi connectivity index (χ1n) is 7.98. The second kappa shape index (κ2) is 6.08. The molecule has 118 valence electrons. The molecule has 1 aliphatic rings. The van der Waals surface area contributed by atoms with Crippen molar-refractivity contribution in [3.63, 3.8) is 0 Å². The summed E-state index contributed by atoms with van der Waals surface area (Å²) in [4.78, 5) is 18.2. The predicted molar refractivity (Wildman–Crippen MR) is 85.3 cm³/mol. The number of imidazole rings is 1. The van der Waals surface area contributed by atoms with Crippen molar-refractivity contribution in [3.05, 3.63) is 35.8 Å². The molecule has 0 radical (unpaired) electrons. The van der Waals surface area contributed by atoms with Gasteiger partial charge in [-0.05, 0) is 57.7 Å². The Morgan fingerprint density at radius 1 is 1.50 bits per heavy atom. The zero-order valence-electron chi connectivity index (χ0n) is 13.2. The van der Waals surface area contributed by atoms with Crippen molar-refractivity contribution in [2.45, 2.75) is 39.2 Å². The van der Waals surface area contributed by atoms with Crippen LogP contribution < -0.4 is 0 Å². The maximum Gasteiger partial charge on any atom is 0.335 e. The average Bonchev–Trinajstić information content (AvgIpc) is 2.88. The summed E-state index contributed by atoms with van der Waals surface area (Å²) in [5.41, 5.74) is 2.05. The first kappa shape index (κ1) is 15.0. The molecular weight excluding hydrogens is 278 g/mol. The van der Waals surface area contributed by atoms with Gasteiger partial charge in [0.15, 0.2) is 0 Å². The van der Waals surface area contributed by atoms with E-state index in [0.717, 1.165) is 18.7 Å². The van der Waals surface area contributed by atoms with Gasteiger partial charge in [-0.2, -0.15) is 0 Å². The highest BCUT2D eigenvalue weighted by atomic mass is 16.4. The van der Waals surface area contributed by atoms with Crippen molar-refractivity contribution in [1.29, 1.82) is 0 Å². The third kappa shape index (κ3) is 3.14. The topological polar surface area (TPSA) is 57.8 Å². The van der Waals surface area contributed by atoms with Crippen LogP contribution in [0.1, 0.15) is 42.7 Å². The van der Waals surface area contributed by atoms with Gasteiger partial charge in [0, 0.05) is 25.0 Å². The van der Waals surface area contributed by atoms with Crippen molar-refractivity contribution in [2.24, 2.45) is 5.92 Å². The van der Waals surface area contributed by atoms with Crippen molar-refractivity contribution in [1.82, 2.24) is 14.3 Å². The summed E-state index contributed by atoms with van der Waals surface area (Å²) < 4.78 is 1.91. The Hall–Kier alpha value is -1.88. The molecule has 2 aromatic rings. The number of aromatic nitrogens is 2. The van der Waals surface area contributed by atoms with Crippen LogP contribution in [-0.4, -0.2) is 44.5 Å². The normalized spacial score (nSPS) is 19.9. The smallest absolute Gasteiger partial charge is 0.335 e. The number of pyridine rings is 1.